The largest absolute Gasteiger partial charge is 0.491 e. The van der Waals surface area contributed by atoms with Gasteiger partial charge in [-0.25, -0.2) is 17.2 Å². The minimum absolute atomic E-state index is 0.430. The molecule has 0 aliphatic rings. The van der Waals surface area contributed by atoms with Crippen molar-refractivity contribution in [3.8, 4) is 5.75 Å². The third-order valence-electron chi connectivity index (χ3n) is 1.76. The van der Waals surface area contributed by atoms with Crippen molar-refractivity contribution >= 4 is 9.84 Å². The van der Waals surface area contributed by atoms with Gasteiger partial charge < -0.3 is 4.74 Å². The average Bonchev–Trinajstić information content (AvgIpc) is 2.14. The first kappa shape index (κ1) is 12.8. The maximum atomic E-state index is 13.1. The van der Waals surface area contributed by atoms with E-state index in [0.29, 0.717) is 6.26 Å². The number of benzene rings is 1. The number of hydrogen-bond donors (Lipinski definition) is 0. The number of sulfone groups is 1. The van der Waals surface area contributed by atoms with Crippen LogP contribution in [0.5, 0.6) is 5.75 Å². The van der Waals surface area contributed by atoms with E-state index in [-0.39, 0.29) is 0 Å². The molecular formula is C8H6F4O3S. The summed E-state index contributed by atoms with van der Waals surface area (Å²) in [5.74, 6) is -9.08. The highest BCUT2D eigenvalue weighted by molar-refractivity contribution is 7.90. The summed E-state index contributed by atoms with van der Waals surface area (Å²) in [7, 11) is -3.63. The molecule has 0 radical (unpaired) electrons. The SMILES string of the molecule is COc1c(F)c(F)c(S(C)(=O)=O)c(F)c1F. The normalized spacial score (nSPS) is 11.6. The molecule has 0 aliphatic heterocycles. The van der Waals surface area contributed by atoms with Gasteiger partial charge in [0.1, 0.15) is 4.90 Å². The van der Waals surface area contributed by atoms with Crippen LogP contribution >= 0.6 is 0 Å². The van der Waals surface area contributed by atoms with Crippen molar-refractivity contribution in [3.63, 3.8) is 0 Å². The topological polar surface area (TPSA) is 43.4 Å². The average molecular weight is 258 g/mol. The van der Waals surface area contributed by atoms with Gasteiger partial charge in [-0.05, 0) is 0 Å². The number of rotatable bonds is 2. The molecule has 1 aromatic rings. The molecule has 8 heteroatoms. The molecule has 0 aromatic heterocycles. The van der Waals surface area contributed by atoms with Gasteiger partial charge in [-0.2, -0.15) is 8.78 Å². The van der Waals surface area contributed by atoms with Crippen LogP contribution in [0.15, 0.2) is 4.90 Å². The molecule has 3 nitrogen and oxygen atoms in total. The quantitative estimate of drug-likeness (QED) is 0.598. The minimum Gasteiger partial charge on any atom is -0.491 e. The van der Waals surface area contributed by atoms with Gasteiger partial charge >= 0.3 is 0 Å². The fourth-order valence-corrected chi connectivity index (χ4v) is 1.93. The van der Waals surface area contributed by atoms with E-state index in [2.05, 4.69) is 4.74 Å². The molecule has 1 aromatic carbocycles. The molecule has 0 heterocycles. The van der Waals surface area contributed by atoms with Crippen LogP contribution in [0.1, 0.15) is 0 Å². The second kappa shape index (κ2) is 3.93. The third-order valence-corrected chi connectivity index (χ3v) is 2.86. The van der Waals surface area contributed by atoms with E-state index >= 15 is 0 Å². The zero-order valence-corrected chi connectivity index (χ0v) is 8.96. The lowest BCUT2D eigenvalue weighted by atomic mass is 10.3. The number of halogens is 4. The van der Waals surface area contributed by atoms with Crippen LogP contribution in [-0.4, -0.2) is 21.8 Å². The lowest BCUT2D eigenvalue weighted by Crippen LogP contribution is -2.10. The van der Waals surface area contributed by atoms with Gasteiger partial charge in [0.15, 0.2) is 27.2 Å². The Kier molecular flexibility index (Phi) is 3.13. The highest BCUT2D eigenvalue weighted by atomic mass is 32.2. The first-order valence-corrected chi connectivity index (χ1v) is 5.71. The molecule has 0 spiro atoms. The number of hydrogen-bond acceptors (Lipinski definition) is 3. The summed E-state index contributed by atoms with van der Waals surface area (Å²) in [5.41, 5.74) is 0. The minimum atomic E-state index is -4.42. The maximum absolute atomic E-state index is 13.1. The Balaban J connectivity index is 3.82. The van der Waals surface area contributed by atoms with E-state index in [9.17, 15) is 26.0 Å². The van der Waals surface area contributed by atoms with E-state index in [0.717, 1.165) is 7.11 Å². The second-order valence-electron chi connectivity index (χ2n) is 2.89. The van der Waals surface area contributed by atoms with Crippen molar-refractivity contribution in [1.82, 2.24) is 0 Å². The van der Waals surface area contributed by atoms with Crippen molar-refractivity contribution in [1.29, 1.82) is 0 Å². The molecule has 0 bridgehead atoms. The molecular weight excluding hydrogens is 252 g/mol. The van der Waals surface area contributed by atoms with Gasteiger partial charge in [-0.15, -0.1) is 0 Å². The van der Waals surface area contributed by atoms with Crippen LogP contribution in [0, 0.1) is 23.3 Å². The van der Waals surface area contributed by atoms with Crippen LogP contribution in [0.4, 0.5) is 17.6 Å². The van der Waals surface area contributed by atoms with Crippen molar-refractivity contribution in [3.05, 3.63) is 23.3 Å². The zero-order chi connectivity index (χ0) is 12.7. The Morgan fingerprint density at radius 3 is 1.56 bits per heavy atom. The van der Waals surface area contributed by atoms with E-state index in [1.54, 1.807) is 0 Å². The van der Waals surface area contributed by atoms with Gasteiger partial charge in [0.2, 0.25) is 11.6 Å². The third kappa shape index (κ3) is 1.84. The summed E-state index contributed by atoms with van der Waals surface area (Å²) in [6.45, 7) is 0. The summed E-state index contributed by atoms with van der Waals surface area (Å²) in [6.07, 6.45) is 0.430. The standard InChI is InChI=1S/C8H6F4O3S/c1-15-7-3(9)5(11)8(16(2,13)14)6(12)4(7)10/h1-2H3. The van der Waals surface area contributed by atoms with Crippen LogP contribution < -0.4 is 4.74 Å². The van der Waals surface area contributed by atoms with E-state index < -0.39 is 43.8 Å². The molecule has 1 rings (SSSR count). The summed E-state index contributed by atoms with van der Waals surface area (Å²) >= 11 is 0. The Labute approximate surface area is 88.6 Å². The summed E-state index contributed by atoms with van der Waals surface area (Å²) < 4.78 is 78.3. The fraction of sp³-hybridized carbons (Fsp3) is 0.250. The highest BCUT2D eigenvalue weighted by Gasteiger charge is 2.31. The van der Waals surface area contributed by atoms with Gasteiger partial charge in [0.25, 0.3) is 0 Å². The molecule has 0 aliphatic carbocycles. The van der Waals surface area contributed by atoms with E-state index in [1.807, 2.05) is 0 Å². The fourth-order valence-electron chi connectivity index (χ4n) is 1.10. The molecule has 0 atom stereocenters. The Hall–Kier alpha value is -1.31. The lowest BCUT2D eigenvalue weighted by Gasteiger charge is -2.09. The van der Waals surface area contributed by atoms with Gasteiger partial charge in [-0.1, -0.05) is 0 Å². The predicted octanol–water partition coefficient (Wildman–Crippen LogP) is 1.66. The molecule has 16 heavy (non-hydrogen) atoms. The monoisotopic (exact) mass is 258 g/mol. The first-order chi connectivity index (χ1) is 7.21. The molecule has 0 N–H and O–H groups in total. The predicted molar refractivity (Wildman–Crippen MR) is 45.9 cm³/mol. The molecule has 0 fully saturated rings. The Bertz CT molecular complexity index is 510. The van der Waals surface area contributed by atoms with Crippen LogP contribution in [-0.2, 0) is 9.84 Å². The summed E-state index contributed by atoms with van der Waals surface area (Å²) in [5, 5.41) is 0. The summed E-state index contributed by atoms with van der Waals surface area (Å²) in [6, 6.07) is 0. The first-order valence-electron chi connectivity index (χ1n) is 3.81. The van der Waals surface area contributed by atoms with Crippen molar-refractivity contribution < 1.29 is 30.7 Å². The number of ether oxygens (including phenoxy) is 1. The lowest BCUT2D eigenvalue weighted by molar-refractivity contribution is 0.322. The van der Waals surface area contributed by atoms with Crippen LogP contribution in [0.25, 0.3) is 0 Å². The van der Waals surface area contributed by atoms with Gasteiger partial charge in [0, 0.05) is 6.26 Å². The smallest absolute Gasteiger partial charge is 0.205 e. The van der Waals surface area contributed by atoms with Gasteiger partial charge in [0.05, 0.1) is 7.11 Å². The van der Waals surface area contributed by atoms with Crippen molar-refractivity contribution in [2.24, 2.45) is 0 Å². The molecule has 0 amide bonds. The second-order valence-corrected chi connectivity index (χ2v) is 4.84. The zero-order valence-electron chi connectivity index (χ0n) is 8.14. The Morgan fingerprint density at radius 1 is 0.938 bits per heavy atom. The Morgan fingerprint density at radius 2 is 1.31 bits per heavy atom. The summed E-state index contributed by atoms with van der Waals surface area (Å²) in [4.78, 5) is -1.65. The number of methoxy groups -OCH3 is 1. The molecule has 0 saturated carbocycles. The maximum Gasteiger partial charge on any atom is 0.205 e. The van der Waals surface area contributed by atoms with Crippen molar-refractivity contribution in [2.75, 3.05) is 13.4 Å². The molecule has 90 valence electrons. The van der Waals surface area contributed by atoms with Crippen LogP contribution in [0.3, 0.4) is 0 Å². The highest BCUT2D eigenvalue weighted by Crippen LogP contribution is 2.31. The van der Waals surface area contributed by atoms with Crippen molar-refractivity contribution in [2.45, 2.75) is 4.90 Å². The van der Waals surface area contributed by atoms with E-state index in [1.165, 1.54) is 0 Å². The van der Waals surface area contributed by atoms with Gasteiger partial charge in [-0.3, -0.25) is 0 Å². The molecule has 0 saturated heterocycles. The van der Waals surface area contributed by atoms with E-state index in [4.69, 9.17) is 0 Å². The van der Waals surface area contributed by atoms with Crippen LogP contribution in [0.2, 0.25) is 0 Å². The molecule has 0 unspecified atom stereocenters.